The van der Waals surface area contributed by atoms with Crippen molar-refractivity contribution in [2.75, 3.05) is 19.7 Å². The number of benzene rings is 2. The van der Waals surface area contributed by atoms with Crippen molar-refractivity contribution in [1.82, 2.24) is 5.32 Å². The van der Waals surface area contributed by atoms with E-state index in [0.29, 0.717) is 6.42 Å². The molecule has 1 heterocycles. The highest BCUT2D eigenvalue weighted by Gasteiger charge is 2.15. The van der Waals surface area contributed by atoms with Gasteiger partial charge in [-0.3, -0.25) is 4.79 Å². The van der Waals surface area contributed by atoms with E-state index in [-0.39, 0.29) is 11.9 Å². The van der Waals surface area contributed by atoms with Crippen LogP contribution < -0.4 is 5.32 Å². The fourth-order valence-electron chi connectivity index (χ4n) is 2.66. The van der Waals surface area contributed by atoms with Gasteiger partial charge in [0.1, 0.15) is 0 Å². The minimum absolute atomic E-state index is 0.121. The molecule has 0 bridgehead atoms. The summed E-state index contributed by atoms with van der Waals surface area (Å²) >= 11 is 0. The average Bonchev–Trinajstić information content (AvgIpc) is 2.57. The van der Waals surface area contributed by atoms with Crippen molar-refractivity contribution >= 4 is 5.78 Å². The van der Waals surface area contributed by atoms with Crippen molar-refractivity contribution in [3.8, 4) is 0 Å². The van der Waals surface area contributed by atoms with Gasteiger partial charge in [0.15, 0.2) is 5.78 Å². The lowest BCUT2D eigenvalue weighted by Crippen LogP contribution is -2.33. The van der Waals surface area contributed by atoms with E-state index in [9.17, 15) is 4.79 Å². The summed E-state index contributed by atoms with van der Waals surface area (Å²) in [6, 6.07) is 15.9. The monoisotopic (exact) mass is 295 g/mol. The Morgan fingerprint density at radius 3 is 2.50 bits per heavy atom. The topological polar surface area (TPSA) is 38.3 Å². The molecule has 1 atom stereocenters. The van der Waals surface area contributed by atoms with Crippen LogP contribution in [0.2, 0.25) is 0 Å². The second-order valence-electron chi connectivity index (χ2n) is 5.77. The van der Waals surface area contributed by atoms with Crippen LogP contribution in [0.1, 0.15) is 33.2 Å². The first-order chi connectivity index (χ1) is 10.7. The van der Waals surface area contributed by atoms with E-state index in [1.54, 1.807) is 0 Å². The fraction of sp³-hybridized carbons (Fsp3) is 0.316. The molecular formula is C19H21NO2. The molecule has 0 unspecified atom stereocenters. The van der Waals surface area contributed by atoms with Gasteiger partial charge in [-0.1, -0.05) is 54.1 Å². The van der Waals surface area contributed by atoms with Gasteiger partial charge in [-0.2, -0.15) is 0 Å². The Balaban J connectivity index is 1.65. The van der Waals surface area contributed by atoms with E-state index in [0.717, 1.165) is 30.8 Å². The van der Waals surface area contributed by atoms with Gasteiger partial charge in [0.2, 0.25) is 0 Å². The van der Waals surface area contributed by atoms with E-state index in [1.807, 2.05) is 43.3 Å². The van der Waals surface area contributed by atoms with Crippen molar-refractivity contribution in [2.24, 2.45) is 0 Å². The molecule has 0 aliphatic carbocycles. The zero-order valence-corrected chi connectivity index (χ0v) is 12.8. The van der Waals surface area contributed by atoms with Crippen LogP contribution in [0.15, 0.2) is 48.5 Å². The Hall–Kier alpha value is -1.97. The minimum Gasteiger partial charge on any atom is -0.371 e. The summed E-state index contributed by atoms with van der Waals surface area (Å²) in [5.74, 6) is 0.156. The molecule has 0 amide bonds. The van der Waals surface area contributed by atoms with Crippen molar-refractivity contribution in [3.05, 3.63) is 70.8 Å². The SMILES string of the molecule is Cc1ccc(C(=O)Cc2ccc([C@H]3CNCCO3)cc2)cc1. The number of hydrogen-bond donors (Lipinski definition) is 1. The molecule has 0 aromatic heterocycles. The molecule has 0 spiro atoms. The summed E-state index contributed by atoms with van der Waals surface area (Å²) < 4.78 is 5.74. The van der Waals surface area contributed by atoms with Crippen LogP contribution in [0.5, 0.6) is 0 Å². The molecule has 0 radical (unpaired) electrons. The quantitative estimate of drug-likeness (QED) is 0.881. The molecule has 0 saturated carbocycles. The van der Waals surface area contributed by atoms with Crippen molar-refractivity contribution in [2.45, 2.75) is 19.4 Å². The molecule has 3 nitrogen and oxygen atoms in total. The number of Topliss-reactive ketones (excluding diaryl/α,β-unsaturated/α-hetero) is 1. The van der Waals surface area contributed by atoms with Crippen LogP contribution in [0, 0.1) is 6.92 Å². The van der Waals surface area contributed by atoms with E-state index < -0.39 is 0 Å². The average molecular weight is 295 g/mol. The Morgan fingerprint density at radius 2 is 1.86 bits per heavy atom. The summed E-state index contributed by atoms with van der Waals surface area (Å²) in [6.07, 6.45) is 0.559. The third kappa shape index (κ3) is 3.62. The van der Waals surface area contributed by atoms with Crippen LogP contribution in [0.4, 0.5) is 0 Å². The van der Waals surface area contributed by atoms with E-state index in [2.05, 4.69) is 17.4 Å². The summed E-state index contributed by atoms with van der Waals surface area (Å²) in [7, 11) is 0. The van der Waals surface area contributed by atoms with Crippen molar-refractivity contribution in [3.63, 3.8) is 0 Å². The van der Waals surface area contributed by atoms with Crippen LogP contribution in [0.25, 0.3) is 0 Å². The first-order valence-corrected chi connectivity index (χ1v) is 7.73. The standard InChI is InChI=1S/C19H21NO2/c1-14-2-6-16(7-3-14)18(21)12-15-4-8-17(9-5-15)19-13-20-10-11-22-19/h2-9,19-20H,10-13H2,1H3/t19-/m1/s1. The summed E-state index contributed by atoms with van der Waals surface area (Å²) in [5, 5.41) is 3.33. The van der Waals surface area contributed by atoms with Gasteiger partial charge < -0.3 is 10.1 Å². The van der Waals surface area contributed by atoms with Gasteiger partial charge in [0.25, 0.3) is 0 Å². The summed E-state index contributed by atoms with van der Waals surface area (Å²) in [5.41, 5.74) is 4.15. The molecule has 3 heteroatoms. The molecule has 2 aromatic carbocycles. The van der Waals surface area contributed by atoms with Gasteiger partial charge in [0.05, 0.1) is 12.7 Å². The number of ether oxygens (including phenoxy) is 1. The predicted molar refractivity (Wildman–Crippen MR) is 87.2 cm³/mol. The number of hydrogen-bond acceptors (Lipinski definition) is 3. The van der Waals surface area contributed by atoms with Crippen LogP contribution in [-0.4, -0.2) is 25.5 Å². The smallest absolute Gasteiger partial charge is 0.167 e. The largest absolute Gasteiger partial charge is 0.371 e. The molecule has 22 heavy (non-hydrogen) atoms. The van der Waals surface area contributed by atoms with Gasteiger partial charge in [0, 0.05) is 25.1 Å². The van der Waals surface area contributed by atoms with E-state index >= 15 is 0 Å². The first kappa shape index (κ1) is 14.9. The Bertz CT molecular complexity index is 625. The summed E-state index contributed by atoms with van der Waals surface area (Å²) in [4.78, 5) is 12.3. The highest BCUT2D eigenvalue weighted by molar-refractivity contribution is 5.97. The second-order valence-corrected chi connectivity index (χ2v) is 5.77. The van der Waals surface area contributed by atoms with Gasteiger partial charge >= 0.3 is 0 Å². The molecule has 1 N–H and O–H groups in total. The maximum absolute atomic E-state index is 12.3. The number of nitrogens with one attached hydrogen (secondary N) is 1. The lowest BCUT2D eigenvalue weighted by Gasteiger charge is -2.24. The fourth-order valence-corrected chi connectivity index (χ4v) is 2.66. The molecule has 2 aromatic rings. The van der Waals surface area contributed by atoms with Gasteiger partial charge in [-0.15, -0.1) is 0 Å². The maximum Gasteiger partial charge on any atom is 0.167 e. The van der Waals surface area contributed by atoms with Crippen LogP contribution in [-0.2, 0) is 11.2 Å². The first-order valence-electron chi connectivity index (χ1n) is 7.73. The maximum atomic E-state index is 12.3. The Morgan fingerprint density at radius 1 is 1.14 bits per heavy atom. The normalized spacial score (nSPS) is 18.1. The molecule has 1 aliphatic rings. The van der Waals surface area contributed by atoms with E-state index in [1.165, 1.54) is 11.1 Å². The zero-order chi connectivity index (χ0) is 15.4. The molecule has 1 aliphatic heterocycles. The van der Waals surface area contributed by atoms with Crippen LogP contribution >= 0.6 is 0 Å². The second kappa shape index (κ2) is 6.86. The van der Waals surface area contributed by atoms with Crippen LogP contribution in [0.3, 0.4) is 0 Å². The number of carbonyl (C=O) groups excluding carboxylic acids is 1. The number of aryl methyl sites for hydroxylation is 1. The lowest BCUT2D eigenvalue weighted by atomic mass is 10.00. The third-order valence-electron chi connectivity index (χ3n) is 4.02. The highest BCUT2D eigenvalue weighted by atomic mass is 16.5. The molecule has 114 valence electrons. The Kier molecular flexibility index (Phi) is 4.66. The number of carbonyl (C=O) groups is 1. The number of morpholine rings is 1. The van der Waals surface area contributed by atoms with Gasteiger partial charge in [-0.25, -0.2) is 0 Å². The predicted octanol–water partition coefficient (Wildman–Crippen LogP) is 3.08. The molecule has 1 fully saturated rings. The third-order valence-corrected chi connectivity index (χ3v) is 4.02. The molecular weight excluding hydrogens is 274 g/mol. The lowest BCUT2D eigenvalue weighted by molar-refractivity contribution is 0.0277. The number of ketones is 1. The van der Waals surface area contributed by atoms with Crippen molar-refractivity contribution < 1.29 is 9.53 Å². The molecule has 3 rings (SSSR count). The van der Waals surface area contributed by atoms with Crippen molar-refractivity contribution in [1.29, 1.82) is 0 Å². The zero-order valence-electron chi connectivity index (χ0n) is 12.8. The number of rotatable bonds is 4. The van der Waals surface area contributed by atoms with E-state index in [4.69, 9.17) is 4.74 Å². The minimum atomic E-state index is 0.121. The molecule has 1 saturated heterocycles. The Labute approximate surface area is 131 Å². The highest BCUT2D eigenvalue weighted by Crippen LogP contribution is 2.19. The van der Waals surface area contributed by atoms with Gasteiger partial charge in [-0.05, 0) is 18.1 Å². The summed E-state index contributed by atoms with van der Waals surface area (Å²) in [6.45, 7) is 4.54.